The van der Waals surface area contributed by atoms with Gasteiger partial charge in [-0.3, -0.25) is 0 Å². The summed E-state index contributed by atoms with van der Waals surface area (Å²) in [6, 6.07) is 23.9. The van der Waals surface area contributed by atoms with Crippen LogP contribution in [0, 0.1) is 20.8 Å². The van der Waals surface area contributed by atoms with Crippen LogP contribution in [0.4, 0.5) is 0 Å². The third-order valence-corrected chi connectivity index (χ3v) is 8.25. The van der Waals surface area contributed by atoms with Crippen molar-refractivity contribution in [2.45, 2.75) is 47.0 Å². The topological polar surface area (TPSA) is 26.0 Å². The molecule has 0 saturated heterocycles. The molecule has 0 fully saturated rings. The van der Waals surface area contributed by atoms with Gasteiger partial charge in [0, 0.05) is 26.8 Å². The van der Waals surface area contributed by atoms with Crippen LogP contribution in [0.1, 0.15) is 42.5 Å². The summed E-state index contributed by atoms with van der Waals surface area (Å²) in [5.41, 5.74) is 8.15. The maximum Gasteiger partial charge on any atom is 0.134 e. The molecule has 3 heteroatoms. The highest BCUT2D eigenvalue weighted by Gasteiger charge is 2.22. The molecule has 3 aromatic carbocycles. The van der Waals surface area contributed by atoms with Crippen molar-refractivity contribution in [3.8, 4) is 22.4 Å². The lowest BCUT2D eigenvalue weighted by Crippen LogP contribution is -2.12. The van der Waals surface area contributed by atoms with Gasteiger partial charge in [0.05, 0.1) is 5.69 Å². The lowest BCUT2D eigenvalue weighted by Gasteiger charge is -2.23. The molecular weight excluding hydrogens is 446 g/mol. The number of aryl methyl sites for hydroxylation is 3. The Morgan fingerprint density at radius 2 is 1.54 bits per heavy atom. The maximum absolute atomic E-state index is 6.20. The highest BCUT2D eigenvalue weighted by atomic mass is 32.1. The summed E-state index contributed by atoms with van der Waals surface area (Å²) in [5, 5.41) is 4.95. The van der Waals surface area contributed by atoms with E-state index in [1.807, 2.05) is 6.07 Å². The normalized spacial score (nSPS) is 12.3. The van der Waals surface area contributed by atoms with Crippen molar-refractivity contribution >= 4 is 43.3 Å². The minimum absolute atomic E-state index is 0.0238. The number of pyridine rings is 1. The van der Waals surface area contributed by atoms with Crippen LogP contribution in [0.25, 0.3) is 54.3 Å². The maximum atomic E-state index is 6.20. The van der Waals surface area contributed by atoms with Crippen LogP contribution in [0.15, 0.2) is 71.1 Å². The molecule has 6 aromatic rings. The molecule has 0 N–H and O–H groups in total. The summed E-state index contributed by atoms with van der Waals surface area (Å²) in [4.78, 5) is 7.62. The summed E-state index contributed by atoms with van der Waals surface area (Å²) in [6.45, 7) is 13.3. The van der Waals surface area contributed by atoms with Gasteiger partial charge in [-0.15, -0.1) is 11.3 Å². The summed E-state index contributed by atoms with van der Waals surface area (Å²) in [5.74, 6) is 0.946. The van der Waals surface area contributed by atoms with Crippen LogP contribution in [0.3, 0.4) is 0 Å². The van der Waals surface area contributed by atoms with Crippen LogP contribution in [0.2, 0.25) is 0 Å². The van der Waals surface area contributed by atoms with Gasteiger partial charge in [0.2, 0.25) is 0 Å². The number of nitrogens with zero attached hydrogens (tertiary/aromatic N) is 1. The second kappa shape index (κ2) is 7.79. The number of rotatable bonds is 2. The second-order valence-corrected chi connectivity index (χ2v) is 11.7. The molecule has 0 saturated carbocycles. The predicted octanol–water partition coefficient (Wildman–Crippen LogP) is 9.75. The fourth-order valence-corrected chi connectivity index (χ4v) is 6.34. The fourth-order valence-electron chi connectivity index (χ4n) is 5.28. The van der Waals surface area contributed by atoms with Gasteiger partial charge in [0.15, 0.2) is 0 Å². The minimum atomic E-state index is 0.0238. The van der Waals surface area contributed by atoms with Gasteiger partial charge >= 0.3 is 0 Å². The number of hydrogen-bond acceptors (Lipinski definition) is 3. The van der Waals surface area contributed by atoms with E-state index in [1.54, 1.807) is 11.3 Å². The van der Waals surface area contributed by atoms with Gasteiger partial charge < -0.3 is 4.42 Å². The van der Waals surface area contributed by atoms with E-state index in [9.17, 15) is 0 Å². The van der Waals surface area contributed by atoms with Gasteiger partial charge in [-0.05, 0) is 77.9 Å². The number of para-hydroxylation sites is 1. The highest BCUT2D eigenvalue weighted by Crippen LogP contribution is 2.44. The number of benzene rings is 3. The van der Waals surface area contributed by atoms with Crippen molar-refractivity contribution in [3.63, 3.8) is 0 Å². The largest absolute Gasteiger partial charge is 0.461 e. The lowest BCUT2D eigenvalue weighted by atomic mass is 9.82. The zero-order valence-electron chi connectivity index (χ0n) is 21.1. The predicted molar refractivity (Wildman–Crippen MR) is 151 cm³/mol. The fraction of sp³-hybridized carbons (Fsp3) is 0.219. The first-order valence-electron chi connectivity index (χ1n) is 12.2. The van der Waals surface area contributed by atoms with Crippen LogP contribution in [-0.2, 0) is 5.41 Å². The average Bonchev–Trinajstić information content (AvgIpc) is 3.32. The molecule has 3 aromatic heterocycles. The molecular formula is C32H29NOS. The third-order valence-electron chi connectivity index (χ3n) is 7.15. The number of thiophene rings is 1. The van der Waals surface area contributed by atoms with Crippen LogP contribution in [-0.4, -0.2) is 4.98 Å². The number of aromatic nitrogens is 1. The Bertz CT molecular complexity index is 1760. The summed E-state index contributed by atoms with van der Waals surface area (Å²) in [7, 11) is 0. The molecule has 0 aliphatic heterocycles. The molecule has 2 nitrogen and oxygen atoms in total. The Balaban J connectivity index is 1.70. The first kappa shape index (κ1) is 22.1. The molecule has 0 radical (unpaired) electrons. The average molecular weight is 476 g/mol. The molecule has 0 unspecified atom stereocenters. The lowest BCUT2D eigenvalue weighted by molar-refractivity contribution is 0.580. The second-order valence-electron chi connectivity index (χ2n) is 10.5. The molecule has 0 bridgehead atoms. The summed E-state index contributed by atoms with van der Waals surface area (Å²) < 4.78 is 6.20. The Morgan fingerprint density at radius 3 is 2.31 bits per heavy atom. The van der Waals surface area contributed by atoms with Gasteiger partial charge in [0.1, 0.15) is 16.2 Å². The van der Waals surface area contributed by atoms with E-state index < -0.39 is 0 Å². The van der Waals surface area contributed by atoms with Crippen LogP contribution < -0.4 is 0 Å². The van der Waals surface area contributed by atoms with Crippen molar-refractivity contribution in [3.05, 3.63) is 88.5 Å². The van der Waals surface area contributed by atoms with Gasteiger partial charge in [0.25, 0.3) is 0 Å². The molecule has 174 valence electrons. The molecule has 0 spiro atoms. The van der Waals surface area contributed by atoms with Crippen molar-refractivity contribution < 1.29 is 4.42 Å². The van der Waals surface area contributed by atoms with Crippen molar-refractivity contribution in [1.29, 1.82) is 0 Å². The van der Waals surface area contributed by atoms with E-state index in [2.05, 4.69) is 102 Å². The minimum Gasteiger partial charge on any atom is -0.461 e. The van der Waals surface area contributed by atoms with Crippen molar-refractivity contribution in [1.82, 2.24) is 4.98 Å². The van der Waals surface area contributed by atoms with E-state index in [4.69, 9.17) is 9.40 Å². The zero-order valence-corrected chi connectivity index (χ0v) is 21.9. The van der Waals surface area contributed by atoms with Crippen LogP contribution >= 0.6 is 11.3 Å². The molecule has 0 amide bonds. The number of furan rings is 1. The highest BCUT2D eigenvalue weighted by molar-refractivity contribution is 7.18. The molecule has 3 heterocycles. The van der Waals surface area contributed by atoms with Gasteiger partial charge in [-0.2, -0.15) is 0 Å². The van der Waals surface area contributed by atoms with Gasteiger partial charge in [-0.25, -0.2) is 4.98 Å². The number of fused-ring (bicyclic) bond motifs is 3. The Labute approximate surface area is 210 Å². The molecule has 0 aliphatic carbocycles. The summed E-state index contributed by atoms with van der Waals surface area (Å²) >= 11 is 1.78. The van der Waals surface area contributed by atoms with E-state index in [0.717, 1.165) is 32.8 Å². The molecule has 35 heavy (non-hydrogen) atoms. The van der Waals surface area contributed by atoms with Crippen LogP contribution in [0.5, 0.6) is 0 Å². The molecule has 6 rings (SSSR count). The van der Waals surface area contributed by atoms with Gasteiger partial charge in [-0.1, -0.05) is 63.2 Å². The smallest absolute Gasteiger partial charge is 0.134 e. The Kier molecular flexibility index (Phi) is 4.91. The third kappa shape index (κ3) is 3.49. The molecule has 0 atom stereocenters. The zero-order chi connectivity index (χ0) is 24.5. The van der Waals surface area contributed by atoms with E-state index in [0.29, 0.717) is 0 Å². The van der Waals surface area contributed by atoms with E-state index in [1.165, 1.54) is 43.3 Å². The number of hydrogen-bond donors (Lipinski definition) is 0. The Hall–Kier alpha value is -3.43. The van der Waals surface area contributed by atoms with Crippen molar-refractivity contribution in [2.24, 2.45) is 0 Å². The van der Waals surface area contributed by atoms with E-state index >= 15 is 0 Å². The summed E-state index contributed by atoms with van der Waals surface area (Å²) in [6.07, 6.45) is 0. The Morgan fingerprint density at radius 1 is 0.829 bits per heavy atom. The standard InChI is InChI=1S/C32H29NOS/c1-18-20(3)35-31-29(18)25(30-19(2)34-28-14-10-9-13-24(28)30)17-27(33-31)22-15-21-11-7-8-12-23(21)26(16-22)32(4,5)6/h7-17H,1-6H3. The SMILES string of the molecule is Cc1oc2ccccc2c1-c1cc(-c2cc(C(C)(C)C)c3ccccc3c2)nc2sc(C)c(C)c12. The quantitative estimate of drug-likeness (QED) is 0.249. The van der Waals surface area contributed by atoms with E-state index in [-0.39, 0.29) is 5.41 Å². The molecule has 0 aliphatic rings. The monoisotopic (exact) mass is 475 g/mol. The first-order valence-corrected chi connectivity index (χ1v) is 13.0. The van der Waals surface area contributed by atoms with Crippen molar-refractivity contribution in [2.75, 3.05) is 0 Å². The first-order chi connectivity index (χ1) is 16.7.